The monoisotopic (exact) mass is 487 g/mol. The predicted octanol–water partition coefficient (Wildman–Crippen LogP) is 3.55. The van der Waals surface area contributed by atoms with Gasteiger partial charge in [-0.2, -0.15) is 13.2 Å². The summed E-state index contributed by atoms with van der Waals surface area (Å²) in [5.74, 6) is -1.34. The molecule has 9 nitrogen and oxygen atoms in total. The second kappa shape index (κ2) is 12.0. The van der Waals surface area contributed by atoms with Crippen molar-refractivity contribution in [2.45, 2.75) is 6.18 Å². The normalized spacial score (nSPS) is 10.9. The van der Waals surface area contributed by atoms with Crippen LogP contribution in [-0.4, -0.2) is 60.1 Å². The number of nitrogens with one attached hydrogen (secondary N) is 1. The number of esters is 1. The molecule has 0 radical (unpaired) electrons. The lowest BCUT2D eigenvalue weighted by Gasteiger charge is -2.16. The van der Waals surface area contributed by atoms with E-state index in [1.54, 1.807) is 0 Å². The van der Waals surface area contributed by atoms with Crippen LogP contribution in [0.25, 0.3) is 0 Å². The molecular weight excluding hydrogens is 463 g/mol. The van der Waals surface area contributed by atoms with E-state index in [2.05, 4.69) is 5.32 Å². The Morgan fingerprint density at radius 1 is 0.882 bits per heavy atom. The predicted molar refractivity (Wildman–Crippen MR) is 114 cm³/mol. The van der Waals surface area contributed by atoms with Gasteiger partial charge in [-0.15, -0.1) is 0 Å². The van der Waals surface area contributed by atoms with Gasteiger partial charge in [0.25, 0.3) is 5.91 Å². The molecule has 0 saturated carbocycles. The highest BCUT2D eigenvalue weighted by Crippen LogP contribution is 2.40. The summed E-state index contributed by atoms with van der Waals surface area (Å²) < 4.78 is 70.0. The summed E-state index contributed by atoms with van der Waals surface area (Å²) in [5.41, 5.74) is -1.28. The molecule has 0 spiro atoms. The second-order valence-corrected chi connectivity index (χ2v) is 6.56. The molecule has 0 fully saturated rings. The van der Waals surface area contributed by atoms with Gasteiger partial charge in [0.15, 0.2) is 18.1 Å². The summed E-state index contributed by atoms with van der Waals surface area (Å²) in [4.78, 5) is 24.9. The number of hydrogen-bond acceptors (Lipinski definition) is 8. The van der Waals surface area contributed by atoms with Crippen molar-refractivity contribution in [3.63, 3.8) is 0 Å². The Hall–Kier alpha value is -3.67. The van der Waals surface area contributed by atoms with Crippen molar-refractivity contribution in [1.29, 1.82) is 0 Å². The van der Waals surface area contributed by atoms with Gasteiger partial charge in [0.1, 0.15) is 17.9 Å². The number of hydrogen-bond donors (Lipinski definition) is 1. The Kier molecular flexibility index (Phi) is 9.36. The number of ether oxygens (including phenoxy) is 6. The smallest absolute Gasteiger partial charge is 0.416 e. The third-order valence-corrected chi connectivity index (χ3v) is 4.38. The molecule has 0 saturated heterocycles. The standard InChI is InChI=1S/C22H24F3NO8/c1-29-9-10-33-16-7-5-13(22(23,24)25)11-15(16)26-18(27)12-34-21(28)14-6-8-17(30-2)20(32-4)19(14)31-3/h5-8,11H,9-10,12H2,1-4H3,(H,26,27). The van der Waals surface area contributed by atoms with Crippen molar-refractivity contribution < 1.29 is 51.2 Å². The Bertz CT molecular complexity index is 1010. The highest BCUT2D eigenvalue weighted by molar-refractivity contribution is 5.98. The molecule has 2 rings (SSSR count). The molecule has 0 atom stereocenters. The fourth-order valence-electron chi connectivity index (χ4n) is 2.82. The zero-order valence-electron chi connectivity index (χ0n) is 18.9. The molecular formula is C22H24F3NO8. The topological polar surface area (TPSA) is 102 Å². The van der Waals surface area contributed by atoms with E-state index in [0.29, 0.717) is 5.75 Å². The summed E-state index contributed by atoms with van der Waals surface area (Å²) in [6, 6.07) is 5.42. The van der Waals surface area contributed by atoms with Crippen LogP contribution in [0, 0.1) is 0 Å². The molecule has 1 N–H and O–H groups in total. The van der Waals surface area contributed by atoms with Crippen LogP contribution >= 0.6 is 0 Å². The first kappa shape index (κ1) is 26.6. The Morgan fingerprint density at radius 3 is 2.15 bits per heavy atom. The third-order valence-electron chi connectivity index (χ3n) is 4.38. The summed E-state index contributed by atoms with van der Waals surface area (Å²) in [6.45, 7) is -0.567. The van der Waals surface area contributed by atoms with E-state index >= 15 is 0 Å². The molecule has 0 aliphatic carbocycles. The van der Waals surface area contributed by atoms with Crippen LogP contribution in [-0.2, 0) is 20.4 Å². The number of rotatable bonds is 11. The van der Waals surface area contributed by atoms with E-state index in [9.17, 15) is 22.8 Å². The van der Waals surface area contributed by atoms with E-state index in [1.165, 1.54) is 40.6 Å². The SMILES string of the molecule is COCCOc1ccc(C(F)(F)F)cc1NC(=O)COC(=O)c1ccc(OC)c(OC)c1OC. The lowest BCUT2D eigenvalue weighted by Crippen LogP contribution is -2.22. The number of amides is 1. The van der Waals surface area contributed by atoms with Crippen LogP contribution in [0.1, 0.15) is 15.9 Å². The average molecular weight is 487 g/mol. The van der Waals surface area contributed by atoms with Crippen LogP contribution in [0.4, 0.5) is 18.9 Å². The van der Waals surface area contributed by atoms with E-state index in [0.717, 1.165) is 18.2 Å². The molecule has 0 aliphatic heterocycles. The molecule has 0 bridgehead atoms. The molecule has 0 heterocycles. The van der Waals surface area contributed by atoms with Gasteiger partial charge in [-0.1, -0.05) is 0 Å². The van der Waals surface area contributed by atoms with Crippen molar-refractivity contribution >= 4 is 17.6 Å². The molecule has 0 aliphatic rings. The van der Waals surface area contributed by atoms with E-state index in [4.69, 9.17) is 28.4 Å². The lowest BCUT2D eigenvalue weighted by molar-refractivity contribution is -0.137. The Balaban J connectivity index is 2.16. The van der Waals surface area contributed by atoms with Crippen molar-refractivity contribution in [3.05, 3.63) is 41.5 Å². The molecule has 2 aromatic rings. The molecule has 1 amide bonds. The molecule has 186 valence electrons. The summed E-state index contributed by atoms with van der Waals surface area (Å²) >= 11 is 0. The maximum absolute atomic E-state index is 13.1. The minimum absolute atomic E-state index is 0.00807. The van der Waals surface area contributed by atoms with Crippen LogP contribution in [0.15, 0.2) is 30.3 Å². The van der Waals surface area contributed by atoms with Gasteiger partial charge in [-0.05, 0) is 30.3 Å². The second-order valence-electron chi connectivity index (χ2n) is 6.56. The van der Waals surface area contributed by atoms with Gasteiger partial charge in [0.2, 0.25) is 5.75 Å². The number of anilines is 1. The zero-order valence-corrected chi connectivity index (χ0v) is 18.9. The van der Waals surface area contributed by atoms with Crippen LogP contribution in [0.3, 0.4) is 0 Å². The summed E-state index contributed by atoms with van der Waals surface area (Å²) in [7, 11) is 5.49. The minimum Gasteiger partial charge on any atom is -0.493 e. The van der Waals surface area contributed by atoms with E-state index in [-0.39, 0.29) is 41.7 Å². The first-order valence-electron chi connectivity index (χ1n) is 9.75. The number of carbonyl (C=O) groups excluding carboxylic acids is 2. The molecule has 34 heavy (non-hydrogen) atoms. The van der Waals surface area contributed by atoms with E-state index < -0.39 is 30.2 Å². The number of methoxy groups -OCH3 is 4. The van der Waals surface area contributed by atoms with Crippen LogP contribution < -0.4 is 24.3 Å². The Morgan fingerprint density at radius 2 is 1.56 bits per heavy atom. The Labute approximate surface area is 193 Å². The summed E-state index contributed by atoms with van der Waals surface area (Å²) in [6.07, 6.45) is -4.64. The highest BCUT2D eigenvalue weighted by atomic mass is 19.4. The largest absolute Gasteiger partial charge is 0.493 e. The number of halogens is 3. The maximum atomic E-state index is 13.1. The van der Waals surface area contributed by atoms with Crippen molar-refractivity contribution in [1.82, 2.24) is 0 Å². The van der Waals surface area contributed by atoms with Gasteiger partial charge < -0.3 is 33.7 Å². The quantitative estimate of drug-likeness (QED) is 0.379. The zero-order chi connectivity index (χ0) is 25.3. The fraction of sp³-hybridized carbons (Fsp3) is 0.364. The molecule has 0 unspecified atom stereocenters. The highest BCUT2D eigenvalue weighted by Gasteiger charge is 2.31. The third kappa shape index (κ3) is 6.67. The lowest BCUT2D eigenvalue weighted by atomic mass is 10.1. The van der Waals surface area contributed by atoms with E-state index in [1.807, 2.05) is 0 Å². The minimum atomic E-state index is -4.64. The fourth-order valence-corrected chi connectivity index (χ4v) is 2.82. The first-order chi connectivity index (χ1) is 16.2. The maximum Gasteiger partial charge on any atom is 0.416 e. The molecule has 0 aromatic heterocycles. The van der Waals surface area contributed by atoms with Crippen molar-refractivity contribution in [2.24, 2.45) is 0 Å². The van der Waals surface area contributed by atoms with Gasteiger partial charge >= 0.3 is 12.1 Å². The van der Waals surface area contributed by atoms with Crippen LogP contribution in [0.2, 0.25) is 0 Å². The van der Waals surface area contributed by atoms with Gasteiger partial charge in [0, 0.05) is 7.11 Å². The van der Waals surface area contributed by atoms with Gasteiger partial charge in [-0.3, -0.25) is 4.79 Å². The number of benzene rings is 2. The number of carbonyl (C=O) groups is 2. The average Bonchev–Trinajstić information content (AvgIpc) is 2.81. The first-order valence-corrected chi connectivity index (χ1v) is 9.75. The number of alkyl halides is 3. The van der Waals surface area contributed by atoms with Crippen LogP contribution in [0.5, 0.6) is 23.0 Å². The molecule has 12 heteroatoms. The van der Waals surface area contributed by atoms with Gasteiger partial charge in [-0.25, -0.2) is 4.79 Å². The summed E-state index contributed by atoms with van der Waals surface area (Å²) in [5, 5.41) is 2.27. The van der Waals surface area contributed by atoms with Gasteiger partial charge in [0.05, 0.1) is 39.2 Å². The van der Waals surface area contributed by atoms with Crippen molar-refractivity contribution in [2.75, 3.05) is 53.6 Å². The van der Waals surface area contributed by atoms with Crippen molar-refractivity contribution in [3.8, 4) is 23.0 Å². The molecule has 2 aromatic carbocycles.